The molecular weight excluding hydrogens is 448 g/mol. The molecule has 1 aromatic heterocycles. The number of anilines is 1. The predicted octanol–water partition coefficient (Wildman–Crippen LogP) is 5.39. The maximum atomic E-state index is 13.0. The molecule has 0 radical (unpaired) electrons. The van der Waals surface area contributed by atoms with Crippen molar-refractivity contribution in [3.05, 3.63) is 118 Å². The number of aryl methyl sites for hydroxylation is 1. The van der Waals surface area contributed by atoms with Crippen LogP contribution in [0.1, 0.15) is 39.5 Å². The fourth-order valence-electron chi connectivity index (χ4n) is 3.63. The van der Waals surface area contributed by atoms with Gasteiger partial charge in [0.25, 0.3) is 5.91 Å². The van der Waals surface area contributed by atoms with Crippen molar-refractivity contribution in [2.75, 3.05) is 5.32 Å². The Morgan fingerprint density at radius 2 is 1.65 bits per heavy atom. The topological polar surface area (TPSA) is 76.0 Å². The van der Waals surface area contributed by atoms with Gasteiger partial charge in [0.15, 0.2) is 0 Å². The number of hydrogen-bond acceptors (Lipinski definition) is 3. The zero-order valence-electron chi connectivity index (χ0n) is 18.7. The molecule has 3 aromatic carbocycles. The molecule has 4 aromatic rings. The van der Waals surface area contributed by atoms with E-state index in [1.54, 1.807) is 41.2 Å². The lowest BCUT2D eigenvalue weighted by Gasteiger charge is -2.20. The summed E-state index contributed by atoms with van der Waals surface area (Å²) in [7, 11) is 0. The average molecular weight is 473 g/mol. The summed E-state index contributed by atoms with van der Waals surface area (Å²) in [6.07, 6.45) is 1.70. The lowest BCUT2D eigenvalue weighted by atomic mass is 10.0. The highest BCUT2D eigenvalue weighted by atomic mass is 35.5. The van der Waals surface area contributed by atoms with E-state index >= 15 is 0 Å². The minimum Gasteiger partial charge on any atom is -0.345 e. The van der Waals surface area contributed by atoms with Crippen molar-refractivity contribution >= 4 is 29.2 Å². The second kappa shape index (κ2) is 10.8. The molecule has 2 N–H and O–H groups in total. The molecule has 2 amide bonds. The van der Waals surface area contributed by atoms with E-state index < -0.39 is 6.04 Å². The minimum absolute atomic E-state index is 0.0515. The standard InChI is InChI=1S/C27H25ClN4O2/c1-19-11-13-20(14-12-19)18-32-25(15-16-29-32)31-26(33)17-24(21-7-3-2-4-8-21)30-27(34)22-9-5-6-10-23(22)28/h2-16,24H,17-18H2,1H3,(H,30,34)(H,31,33). The van der Waals surface area contributed by atoms with Crippen molar-refractivity contribution in [2.45, 2.75) is 25.9 Å². The molecule has 0 saturated carbocycles. The average Bonchev–Trinajstić information content (AvgIpc) is 3.27. The van der Waals surface area contributed by atoms with Crippen LogP contribution in [0.15, 0.2) is 91.1 Å². The van der Waals surface area contributed by atoms with E-state index in [1.165, 1.54) is 5.56 Å². The van der Waals surface area contributed by atoms with Crippen LogP contribution in [0.4, 0.5) is 5.82 Å². The van der Waals surface area contributed by atoms with Gasteiger partial charge in [-0.05, 0) is 30.2 Å². The van der Waals surface area contributed by atoms with Crippen LogP contribution in [0.2, 0.25) is 5.02 Å². The van der Waals surface area contributed by atoms with E-state index in [4.69, 9.17) is 11.6 Å². The quantitative estimate of drug-likeness (QED) is 0.361. The highest BCUT2D eigenvalue weighted by Crippen LogP contribution is 2.21. The molecule has 0 fully saturated rings. The first-order chi connectivity index (χ1) is 16.5. The van der Waals surface area contributed by atoms with Crippen LogP contribution in [0.25, 0.3) is 0 Å². The fraction of sp³-hybridized carbons (Fsp3) is 0.148. The largest absolute Gasteiger partial charge is 0.345 e. The monoisotopic (exact) mass is 472 g/mol. The van der Waals surface area contributed by atoms with E-state index in [0.29, 0.717) is 22.9 Å². The van der Waals surface area contributed by atoms with Gasteiger partial charge in [0, 0.05) is 6.07 Å². The van der Waals surface area contributed by atoms with E-state index in [-0.39, 0.29) is 18.2 Å². The van der Waals surface area contributed by atoms with E-state index in [9.17, 15) is 9.59 Å². The fourth-order valence-corrected chi connectivity index (χ4v) is 3.85. The number of amides is 2. The first kappa shape index (κ1) is 23.3. The molecule has 4 rings (SSSR count). The van der Waals surface area contributed by atoms with Gasteiger partial charge in [0.05, 0.1) is 35.8 Å². The lowest BCUT2D eigenvalue weighted by molar-refractivity contribution is -0.116. The zero-order valence-corrected chi connectivity index (χ0v) is 19.5. The Kier molecular flexibility index (Phi) is 7.40. The molecule has 0 aliphatic carbocycles. The highest BCUT2D eigenvalue weighted by molar-refractivity contribution is 6.33. The van der Waals surface area contributed by atoms with Crippen molar-refractivity contribution in [3.63, 3.8) is 0 Å². The van der Waals surface area contributed by atoms with Gasteiger partial charge >= 0.3 is 0 Å². The van der Waals surface area contributed by atoms with Crippen molar-refractivity contribution in [1.82, 2.24) is 15.1 Å². The Balaban J connectivity index is 1.47. The first-order valence-corrected chi connectivity index (χ1v) is 11.3. The van der Waals surface area contributed by atoms with Crippen LogP contribution in [0.3, 0.4) is 0 Å². The maximum absolute atomic E-state index is 13.0. The molecule has 0 aliphatic heterocycles. The van der Waals surface area contributed by atoms with Gasteiger partial charge in [0.2, 0.25) is 5.91 Å². The van der Waals surface area contributed by atoms with Gasteiger partial charge in [-0.1, -0.05) is 83.9 Å². The van der Waals surface area contributed by atoms with E-state index in [0.717, 1.165) is 11.1 Å². The SMILES string of the molecule is Cc1ccc(Cn2nccc2NC(=O)CC(NC(=O)c2ccccc2Cl)c2ccccc2)cc1. The van der Waals surface area contributed by atoms with Gasteiger partial charge in [-0.15, -0.1) is 0 Å². The van der Waals surface area contributed by atoms with Gasteiger partial charge in [-0.25, -0.2) is 4.68 Å². The summed E-state index contributed by atoms with van der Waals surface area (Å²) in [4.78, 5) is 25.9. The second-order valence-electron chi connectivity index (χ2n) is 8.03. The summed E-state index contributed by atoms with van der Waals surface area (Å²) in [6, 6.07) is 25.6. The van der Waals surface area contributed by atoms with Crippen LogP contribution in [0.5, 0.6) is 0 Å². The van der Waals surface area contributed by atoms with Crippen LogP contribution in [0, 0.1) is 6.92 Å². The first-order valence-electron chi connectivity index (χ1n) is 11.0. The van der Waals surface area contributed by atoms with Crippen molar-refractivity contribution in [1.29, 1.82) is 0 Å². The van der Waals surface area contributed by atoms with Crippen LogP contribution >= 0.6 is 11.6 Å². The predicted molar refractivity (Wildman–Crippen MR) is 134 cm³/mol. The maximum Gasteiger partial charge on any atom is 0.253 e. The Morgan fingerprint density at radius 1 is 0.941 bits per heavy atom. The Labute approximate surface area is 203 Å². The van der Waals surface area contributed by atoms with Gasteiger partial charge < -0.3 is 10.6 Å². The third kappa shape index (κ3) is 5.91. The number of carbonyl (C=O) groups is 2. The summed E-state index contributed by atoms with van der Waals surface area (Å²) in [5.74, 6) is 0.0189. The third-order valence-electron chi connectivity index (χ3n) is 5.45. The number of nitrogens with zero attached hydrogens (tertiary/aromatic N) is 2. The molecule has 0 spiro atoms. The summed E-state index contributed by atoms with van der Waals surface area (Å²) < 4.78 is 1.74. The van der Waals surface area contributed by atoms with Crippen molar-refractivity contribution < 1.29 is 9.59 Å². The minimum atomic E-state index is -0.529. The smallest absolute Gasteiger partial charge is 0.253 e. The Hall–Kier alpha value is -3.90. The molecular formula is C27H25ClN4O2. The summed E-state index contributed by atoms with van der Waals surface area (Å²) in [5, 5.41) is 10.6. The van der Waals surface area contributed by atoms with Crippen LogP contribution in [-0.4, -0.2) is 21.6 Å². The van der Waals surface area contributed by atoms with E-state index in [1.807, 2.05) is 61.5 Å². The molecule has 6 nitrogen and oxygen atoms in total. The molecule has 0 saturated heterocycles. The van der Waals surface area contributed by atoms with Gasteiger partial charge in [-0.3, -0.25) is 9.59 Å². The van der Waals surface area contributed by atoms with Crippen molar-refractivity contribution in [3.8, 4) is 0 Å². The molecule has 172 valence electrons. The molecule has 1 atom stereocenters. The van der Waals surface area contributed by atoms with Gasteiger partial charge in [0.1, 0.15) is 5.82 Å². The lowest BCUT2D eigenvalue weighted by Crippen LogP contribution is -2.32. The third-order valence-corrected chi connectivity index (χ3v) is 5.78. The summed E-state index contributed by atoms with van der Waals surface area (Å²) >= 11 is 6.19. The molecule has 0 aliphatic rings. The molecule has 1 heterocycles. The van der Waals surface area contributed by atoms with Crippen molar-refractivity contribution in [2.24, 2.45) is 0 Å². The Morgan fingerprint density at radius 3 is 2.38 bits per heavy atom. The molecule has 34 heavy (non-hydrogen) atoms. The molecule has 1 unspecified atom stereocenters. The number of aromatic nitrogens is 2. The summed E-state index contributed by atoms with van der Waals surface area (Å²) in [6.45, 7) is 2.57. The van der Waals surface area contributed by atoms with Crippen LogP contribution in [-0.2, 0) is 11.3 Å². The number of hydrogen-bond donors (Lipinski definition) is 2. The number of rotatable bonds is 8. The Bertz CT molecular complexity index is 1270. The molecule has 7 heteroatoms. The number of halogens is 1. The summed E-state index contributed by atoms with van der Waals surface area (Å²) in [5.41, 5.74) is 3.45. The molecule has 0 bridgehead atoms. The second-order valence-corrected chi connectivity index (χ2v) is 8.44. The highest BCUT2D eigenvalue weighted by Gasteiger charge is 2.21. The number of benzene rings is 3. The van der Waals surface area contributed by atoms with E-state index in [2.05, 4.69) is 15.7 Å². The zero-order chi connectivity index (χ0) is 23.9. The van der Waals surface area contributed by atoms with Crippen LogP contribution < -0.4 is 10.6 Å². The number of carbonyl (C=O) groups excluding carboxylic acids is 2. The normalized spacial score (nSPS) is 11.6. The number of nitrogens with one attached hydrogen (secondary N) is 2. The van der Waals surface area contributed by atoms with Gasteiger partial charge in [-0.2, -0.15) is 5.10 Å².